The van der Waals surface area contributed by atoms with Crippen LogP contribution in [-0.2, 0) is 22.6 Å². The number of carbonyl (C=O) groups is 2. The van der Waals surface area contributed by atoms with E-state index in [4.69, 9.17) is 24.8 Å². The van der Waals surface area contributed by atoms with Crippen molar-refractivity contribution < 1.29 is 39.2 Å². The Kier molecular flexibility index (Phi) is 14.2. The molecule has 54 heavy (non-hydrogen) atoms. The molecule has 0 spiro atoms. The number of benzene rings is 3. The number of amides is 1. The fourth-order valence-corrected chi connectivity index (χ4v) is 5.95. The smallest absolute Gasteiger partial charge is 0.290 e. The summed E-state index contributed by atoms with van der Waals surface area (Å²) in [5.41, 5.74) is 5.03. The van der Waals surface area contributed by atoms with Gasteiger partial charge in [0.05, 0.1) is 23.7 Å². The second-order valence-electron chi connectivity index (χ2n) is 13.1. The van der Waals surface area contributed by atoms with E-state index in [-0.39, 0.29) is 42.6 Å². The van der Waals surface area contributed by atoms with E-state index in [1.165, 1.54) is 24.3 Å². The molecular formula is C40H41FN6O7. The van der Waals surface area contributed by atoms with E-state index in [9.17, 15) is 25.5 Å². The van der Waals surface area contributed by atoms with Crippen molar-refractivity contribution in [2.75, 3.05) is 24.6 Å². The summed E-state index contributed by atoms with van der Waals surface area (Å²) in [5.74, 6) is -0.643. The summed E-state index contributed by atoms with van der Waals surface area (Å²) in [6.07, 6.45) is 6.13. The molecule has 3 aromatic carbocycles. The zero-order valence-corrected chi connectivity index (χ0v) is 29.8. The number of rotatable bonds is 12. The van der Waals surface area contributed by atoms with Crippen LogP contribution in [-0.4, -0.2) is 69.2 Å². The van der Waals surface area contributed by atoms with Crippen molar-refractivity contribution in [1.29, 1.82) is 10.5 Å². The number of phenolic OH excluding ortho intramolecular Hbond substituents is 1. The molecular weight excluding hydrogens is 695 g/mol. The van der Waals surface area contributed by atoms with E-state index >= 15 is 4.39 Å². The fourth-order valence-electron chi connectivity index (χ4n) is 5.95. The lowest BCUT2D eigenvalue weighted by Crippen LogP contribution is -2.43. The van der Waals surface area contributed by atoms with Gasteiger partial charge in [0.15, 0.2) is 11.5 Å². The average molecular weight is 737 g/mol. The number of aliphatic hydroxyl groups is 1. The highest BCUT2D eigenvalue weighted by Gasteiger charge is 2.26. The summed E-state index contributed by atoms with van der Waals surface area (Å²) < 4.78 is 20.7. The number of ether oxygens (including phenoxy) is 1. The number of carbonyl (C=O) groups excluding carboxylic acids is 1. The number of pyridine rings is 1. The predicted octanol–water partition coefficient (Wildman–Crippen LogP) is 5.33. The minimum absolute atomic E-state index is 0.0140. The van der Waals surface area contributed by atoms with Gasteiger partial charge in [0.25, 0.3) is 12.4 Å². The van der Waals surface area contributed by atoms with Crippen LogP contribution >= 0.6 is 0 Å². The van der Waals surface area contributed by atoms with Gasteiger partial charge >= 0.3 is 0 Å². The Hall–Kier alpha value is -6.32. The minimum atomic E-state index is -1.11. The van der Waals surface area contributed by atoms with E-state index < -0.39 is 17.3 Å². The van der Waals surface area contributed by atoms with Crippen LogP contribution in [0.4, 0.5) is 10.2 Å². The number of hydrogen-bond donors (Lipinski definition) is 6. The van der Waals surface area contributed by atoms with Crippen LogP contribution in [0.2, 0.25) is 0 Å². The number of hydrogen-bond acceptors (Lipinski definition) is 11. The Morgan fingerprint density at radius 1 is 1.09 bits per heavy atom. The molecule has 1 amide bonds. The normalized spacial score (nSPS) is 13.0. The number of anilines is 1. The van der Waals surface area contributed by atoms with Crippen LogP contribution in [0, 0.1) is 28.5 Å². The van der Waals surface area contributed by atoms with Crippen LogP contribution < -0.4 is 20.4 Å². The largest absolute Gasteiger partial charge is 0.504 e. The summed E-state index contributed by atoms with van der Waals surface area (Å²) in [6.45, 7) is 4.88. The third kappa shape index (κ3) is 10.8. The van der Waals surface area contributed by atoms with Crippen molar-refractivity contribution in [2.24, 2.45) is 0 Å². The van der Waals surface area contributed by atoms with E-state index in [1.807, 2.05) is 30.3 Å². The molecule has 1 fully saturated rings. The molecule has 280 valence electrons. The number of piperidine rings is 1. The fraction of sp³-hybridized carbons (Fsp3) is 0.275. The first-order valence-electron chi connectivity index (χ1n) is 17.0. The van der Waals surface area contributed by atoms with Gasteiger partial charge in [-0.25, -0.2) is 14.9 Å². The topological polar surface area (TPSA) is 212 Å². The van der Waals surface area contributed by atoms with Gasteiger partial charge in [0.1, 0.15) is 24.3 Å². The predicted molar refractivity (Wildman–Crippen MR) is 199 cm³/mol. The third-order valence-corrected chi connectivity index (χ3v) is 8.55. The van der Waals surface area contributed by atoms with Crippen LogP contribution in [0.3, 0.4) is 0 Å². The van der Waals surface area contributed by atoms with Gasteiger partial charge in [-0.15, -0.1) is 0 Å². The summed E-state index contributed by atoms with van der Waals surface area (Å²) in [5, 5.41) is 59.4. The van der Waals surface area contributed by atoms with E-state index in [1.54, 1.807) is 49.8 Å². The quantitative estimate of drug-likeness (QED) is 0.0472. The highest BCUT2D eigenvalue weighted by molar-refractivity contribution is 5.91. The van der Waals surface area contributed by atoms with E-state index in [0.717, 1.165) is 24.0 Å². The lowest BCUT2D eigenvalue weighted by Gasteiger charge is -2.35. The molecule has 5 rings (SSSR count). The van der Waals surface area contributed by atoms with Crippen LogP contribution in [0.1, 0.15) is 48.9 Å². The Morgan fingerprint density at radius 2 is 1.78 bits per heavy atom. The molecule has 14 heteroatoms. The zero-order chi connectivity index (χ0) is 39.3. The summed E-state index contributed by atoms with van der Waals surface area (Å²) >= 11 is 0. The monoisotopic (exact) mass is 736 g/mol. The minimum Gasteiger partial charge on any atom is -0.504 e. The molecule has 0 unspecified atom stereocenters. The molecule has 6 N–H and O–H groups in total. The Labute approximate surface area is 312 Å². The van der Waals surface area contributed by atoms with E-state index in [2.05, 4.69) is 16.3 Å². The summed E-state index contributed by atoms with van der Waals surface area (Å²) in [6, 6.07) is 21.2. The highest BCUT2D eigenvalue weighted by Crippen LogP contribution is 2.42. The Balaban J connectivity index is 0.00000209. The first-order valence-corrected chi connectivity index (χ1v) is 17.0. The molecule has 4 aromatic rings. The molecule has 0 saturated carbocycles. The highest BCUT2D eigenvalue weighted by atomic mass is 19.1. The maximum Gasteiger partial charge on any atom is 0.290 e. The molecule has 1 aliphatic rings. The Morgan fingerprint density at radius 3 is 2.37 bits per heavy atom. The van der Waals surface area contributed by atoms with Crippen molar-refractivity contribution in [1.82, 2.24) is 15.8 Å². The van der Waals surface area contributed by atoms with Crippen LogP contribution in [0.15, 0.2) is 72.9 Å². The lowest BCUT2D eigenvalue weighted by atomic mass is 9.89. The molecule has 2 heterocycles. The van der Waals surface area contributed by atoms with Gasteiger partial charge in [0.2, 0.25) is 0 Å². The molecule has 0 radical (unpaired) electrons. The second-order valence-corrected chi connectivity index (χ2v) is 13.1. The number of hydroxylamine groups is 1. The van der Waals surface area contributed by atoms with E-state index in [0.29, 0.717) is 53.3 Å². The van der Waals surface area contributed by atoms with Crippen molar-refractivity contribution in [3.63, 3.8) is 0 Å². The van der Waals surface area contributed by atoms with Crippen molar-refractivity contribution in [3.8, 4) is 45.9 Å². The van der Waals surface area contributed by atoms with Gasteiger partial charge < -0.3 is 30.3 Å². The molecule has 0 aliphatic carbocycles. The number of carboxylic acid groups (broad SMARTS) is 1. The maximum absolute atomic E-state index is 15.1. The molecule has 1 saturated heterocycles. The first-order chi connectivity index (χ1) is 25.9. The van der Waals surface area contributed by atoms with Crippen molar-refractivity contribution in [3.05, 3.63) is 101 Å². The van der Waals surface area contributed by atoms with Gasteiger partial charge in [-0.05, 0) is 84.8 Å². The van der Waals surface area contributed by atoms with Crippen molar-refractivity contribution >= 4 is 24.3 Å². The zero-order valence-electron chi connectivity index (χ0n) is 29.8. The number of halogens is 1. The lowest BCUT2D eigenvalue weighted by molar-refractivity contribution is -0.124. The van der Waals surface area contributed by atoms with Crippen LogP contribution in [0.5, 0.6) is 11.5 Å². The number of aromatic hydroxyl groups is 1. The Bertz CT molecular complexity index is 2040. The first kappa shape index (κ1) is 40.5. The molecule has 1 aliphatic heterocycles. The van der Waals surface area contributed by atoms with Gasteiger partial charge in [-0.2, -0.15) is 10.5 Å². The molecule has 0 bridgehead atoms. The standard InChI is InChI=1S/C39H39FN6O5.CH2O2/c1-39(2,49)24-51-35-11-10-27(20-34(35)47)32-23-44-38(31(13-16-41)37(32)28-8-9-29(21-42)33(40)19-28)46-17-14-30(15-18-46)43-22-26-5-3-25(4-6-26)7-12-36(48)45-50;2-1-3/h3-12,19-20,23,30,43,47,49-50H,13-15,17-18,22,24H2,1-2H3,(H,45,48);1H,(H,2,3)/b12-7+;. The number of nitriles is 2. The van der Waals surface area contributed by atoms with Gasteiger partial charge in [-0.1, -0.05) is 36.4 Å². The average Bonchev–Trinajstić information content (AvgIpc) is 3.16. The maximum atomic E-state index is 15.1. The SMILES string of the molecule is CC(C)(O)COc1ccc(-c2cnc(N3CCC(NCc4ccc(/C=C/C(=O)NO)cc4)CC3)c(CC#N)c2-c2ccc(C#N)c(F)c2)cc1O.O=CO. The molecule has 13 nitrogen and oxygen atoms in total. The summed E-state index contributed by atoms with van der Waals surface area (Å²) in [4.78, 5) is 26.6. The number of nitrogens with one attached hydrogen (secondary N) is 2. The number of nitrogens with zero attached hydrogens (tertiary/aromatic N) is 4. The van der Waals surface area contributed by atoms with Crippen LogP contribution in [0.25, 0.3) is 28.3 Å². The summed E-state index contributed by atoms with van der Waals surface area (Å²) in [7, 11) is 0. The van der Waals surface area contributed by atoms with Gasteiger partial charge in [0, 0.05) is 49.1 Å². The number of aromatic nitrogens is 1. The molecule has 0 atom stereocenters. The van der Waals surface area contributed by atoms with Crippen molar-refractivity contribution in [2.45, 2.75) is 51.3 Å². The van der Waals surface area contributed by atoms with Gasteiger partial charge in [-0.3, -0.25) is 14.8 Å². The third-order valence-electron chi connectivity index (χ3n) is 8.55. The molecule has 1 aromatic heterocycles. The number of phenols is 1. The second kappa shape index (κ2) is 19.0.